The zero-order chi connectivity index (χ0) is 21.2. The number of thiophene rings is 1. The van der Waals surface area contributed by atoms with Gasteiger partial charge in [0.1, 0.15) is 0 Å². The van der Waals surface area contributed by atoms with E-state index < -0.39 is 0 Å². The molecular formula is C25H28N2O3S. The van der Waals surface area contributed by atoms with Gasteiger partial charge in [-0.25, -0.2) is 0 Å². The minimum absolute atomic E-state index is 0.117. The van der Waals surface area contributed by atoms with Crippen LogP contribution in [0.2, 0.25) is 0 Å². The minimum Gasteiger partial charge on any atom is -0.454 e. The first kappa shape index (κ1) is 20.3. The van der Waals surface area contributed by atoms with Crippen molar-refractivity contribution in [2.75, 3.05) is 40.0 Å². The number of hydrogen-bond donors (Lipinski definition) is 0. The third-order valence-electron chi connectivity index (χ3n) is 6.31. The lowest BCUT2D eigenvalue weighted by molar-refractivity contribution is 0.0731. The summed E-state index contributed by atoms with van der Waals surface area (Å²) in [5, 5.41) is 3.71. The fourth-order valence-corrected chi connectivity index (χ4v) is 5.62. The van der Waals surface area contributed by atoms with E-state index in [-0.39, 0.29) is 12.7 Å². The van der Waals surface area contributed by atoms with E-state index in [1.807, 2.05) is 28.4 Å². The average Bonchev–Trinajstić information content (AvgIpc) is 3.43. The molecule has 5 rings (SSSR count). The van der Waals surface area contributed by atoms with Crippen LogP contribution in [0.5, 0.6) is 11.5 Å². The predicted molar refractivity (Wildman–Crippen MR) is 124 cm³/mol. The zero-order valence-corrected chi connectivity index (χ0v) is 18.7. The number of nitrogens with zero attached hydrogens (tertiary/aromatic N) is 2. The molecule has 0 atom stereocenters. The third kappa shape index (κ3) is 4.14. The van der Waals surface area contributed by atoms with Crippen LogP contribution in [0.15, 0.2) is 41.8 Å². The van der Waals surface area contributed by atoms with Crippen molar-refractivity contribution in [2.45, 2.75) is 25.7 Å². The number of fused-ring (bicyclic) bond motifs is 4. The van der Waals surface area contributed by atoms with Crippen LogP contribution >= 0.6 is 11.3 Å². The van der Waals surface area contributed by atoms with Crippen LogP contribution in [0, 0.1) is 0 Å². The Morgan fingerprint density at radius 3 is 2.90 bits per heavy atom. The van der Waals surface area contributed by atoms with Crippen molar-refractivity contribution in [3.8, 4) is 11.5 Å². The van der Waals surface area contributed by atoms with Crippen molar-refractivity contribution >= 4 is 27.3 Å². The molecule has 0 aliphatic carbocycles. The maximum atomic E-state index is 12.9. The Morgan fingerprint density at radius 1 is 1.10 bits per heavy atom. The molecule has 0 saturated heterocycles. The SMILES string of the molecule is CN(CCCc1csc2ccccc12)CCCN1CCc2c(ccc3c2OCO3)C1=O. The number of amides is 1. The second-order valence-corrected chi connectivity index (χ2v) is 9.30. The molecule has 2 aliphatic rings. The highest BCUT2D eigenvalue weighted by Gasteiger charge is 2.30. The van der Waals surface area contributed by atoms with Crippen molar-refractivity contribution in [1.82, 2.24) is 9.80 Å². The molecule has 3 aromatic rings. The van der Waals surface area contributed by atoms with Gasteiger partial charge in [0, 0.05) is 28.9 Å². The van der Waals surface area contributed by atoms with Crippen molar-refractivity contribution in [3.63, 3.8) is 0 Å². The van der Waals surface area contributed by atoms with E-state index in [1.54, 1.807) is 0 Å². The second kappa shape index (κ2) is 8.89. The van der Waals surface area contributed by atoms with E-state index in [0.29, 0.717) is 0 Å². The van der Waals surface area contributed by atoms with Gasteiger partial charge in [-0.1, -0.05) is 18.2 Å². The van der Waals surface area contributed by atoms with Crippen LogP contribution in [0.3, 0.4) is 0 Å². The quantitative estimate of drug-likeness (QED) is 0.518. The molecule has 1 amide bonds. The van der Waals surface area contributed by atoms with Gasteiger partial charge in [-0.15, -0.1) is 11.3 Å². The largest absolute Gasteiger partial charge is 0.454 e. The molecule has 2 aromatic carbocycles. The van der Waals surface area contributed by atoms with Crippen LogP contribution in [0.4, 0.5) is 0 Å². The van der Waals surface area contributed by atoms with E-state index in [0.717, 1.165) is 74.5 Å². The number of benzene rings is 2. The van der Waals surface area contributed by atoms with E-state index in [2.05, 4.69) is 41.6 Å². The summed E-state index contributed by atoms with van der Waals surface area (Å²) in [7, 11) is 2.18. The first-order valence-corrected chi connectivity index (χ1v) is 11.9. The molecule has 0 saturated carbocycles. The monoisotopic (exact) mass is 436 g/mol. The smallest absolute Gasteiger partial charge is 0.254 e. The molecule has 31 heavy (non-hydrogen) atoms. The van der Waals surface area contributed by atoms with Gasteiger partial charge in [-0.2, -0.15) is 0 Å². The van der Waals surface area contributed by atoms with Gasteiger partial charge in [-0.3, -0.25) is 4.79 Å². The average molecular weight is 437 g/mol. The molecule has 0 radical (unpaired) electrons. The maximum Gasteiger partial charge on any atom is 0.254 e. The number of ether oxygens (including phenoxy) is 2. The van der Waals surface area contributed by atoms with Gasteiger partial charge in [0.2, 0.25) is 6.79 Å². The summed E-state index contributed by atoms with van der Waals surface area (Å²) < 4.78 is 12.4. The Labute approximate surface area is 187 Å². The van der Waals surface area contributed by atoms with Gasteiger partial charge in [0.05, 0.1) is 0 Å². The first-order valence-electron chi connectivity index (χ1n) is 11.0. The lowest BCUT2D eigenvalue weighted by atomic mass is 9.97. The molecule has 5 nitrogen and oxygen atoms in total. The molecule has 0 bridgehead atoms. The number of rotatable bonds is 8. The van der Waals surface area contributed by atoms with Crippen LogP contribution in [-0.2, 0) is 12.8 Å². The number of carbonyl (C=O) groups excluding carboxylic acids is 1. The minimum atomic E-state index is 0.117. The van der Waals surface area contributed by atoms with Gasteiger partial charge in [-0.05, 0) is 80.3 Å². The molecule has 162 valence electrons. The summed E-state index contributed by atoms with van der Waals surface area (Å²) in [6.07, 6.45) is 4.09. The standard InChI is InChI=1S/C25H28N2O3S/c1-26(12-4-6-18-16-31-23-8-3-2-7-19(18)23)13-5-14-27-15-11-20-21(25(27)28)9-10-22-24(20)30-17-29-22/h2-3,7-10,16H,4-6,11-15,17H2,1H3. The first-order chi connectivity index (χ1) is 15.2. The molecular weight excluding hydrogens is 408 g/mol. The highest BCUT2D eigenvalue weighted by molar-refractivity contribution is 7.17. The Morgan fingerprint density at radius 2 is 1.97 bits per heavy atom. The molecule has 6 heteroatoms. The van der Waals surface area contributed by atoms with Crippen LogP contribution in [-0.4, -0.2) is 55.7 Å². The van der Waals surface area contributed by atoms with E-state index in [1.165, 1.54) is 15.6 Å². The molecule has 0 spiro atoms. The van der Waals surface area contributed by atoms with E-state index in [4.69, 9.17) is 9.47 Å². The number of aryl methyl sites for hydroxylation is 1. The summed E-state index contributed by atoms with van der Waals surface area (Å²) in [6.45, 7) is 3.87. The van der Waals surface area contributed by atoms with Crippen LogP contribution in [0.1, 0.15) is 34.3 Å². The summed E-state index contributed by atoms with van der Waals surface area (Å²) in [5.41, 5.74) is 3.24. The zero-order valence-electron chi connectivity index (χ0n) is 17.9. The molecule has 1 aromatic heterocycles. The van der Waals surface area contributed by atoms with Crippen LogP contribution in [0.25, 0.3) is 10.1 Å². The fraction of sp³-hybridized carbons (Fsp3) is 0.400. The highest BCUT2D eigenvalue weighted by atomic mass is 32.1. The van der Waals surface area contributed by atoms with Gasteiger partial charge in [0.15, 0.2) is 11.5 Å². The number of carbonyl (C=O) groups is 1. The van der Waals surface area contributed by atoms with Gasteiger partial charge in [0.25, 0.3) is 5.91 Å². The highest BCUT2D eigenvalue weighted by Crippen LogP contribution is 2.39. The second-order valence-electron chi connectivity index (χ2n) is 8.39. The Hall–Kier alpha value is -2.57. The molecule has 0 unspecified atom stereocenters. The summed E-state index contributed by atoms with van der Waals surface area (Å²) in [6, 6.07) is 12.4. The molecule has 2 aliphatic heterocycles. The van der Waals surface area contributed by atoms with Crippen molar-refractivity contribution in [2.24, 2.45) is 0 Å². The molecule has 0 fully saturated rings. The van der Waals surface area contributed by atoms with Crippen LogP contribution < -0.4 is 9.47 Å². The van der Waals surface area contributed by atoms with Gasteiger partial charge < -0.3 is 19.3 Å². The normalized spacial score (nSPS) is 15.2. The topological polar surface area (TPSA) is 42.0 Å². The lowest BCUT2D eigenvalue weighted by Crippen LogP contribution is -2.39. The van der Waals surface area contributed by atoms with E-state index >= 15 is 0 Å². The van der Waals surface area contributed by atoms with Crippen molar-refractivity contribution in [1.29, 1.82) is 0 Å². The van der Waals surface area contributed by atoms with E-state index in [9.17, 15) is 4.79 Å². The Kier molecular flexibility index (Phi) is 5.83. The lowest BCUT2D eigenvalue weighted by Gasteiger charge is -2.29. The Balaban J connectivity index is 1.08. The van der Waals surface area contributed by atoms with Crippen molar-refractivity contribution < 1.29 is 14.3 Å². The van der Waals surface area contributed by atoms with Crippen molar-refractivity contribution in [3.05, 3.63) is 58.5 Å². The third-order valence-corrected chi connectivity index (χ3v) is 7.32. The summed E-state index contributed by atoms with van der Waals surface area (Å²) in [5.74, 6) is 1.65. The summed E-state index contributed by atoms with van der Waals surface area (Å²) in [4.78, 5) is 17.3. The molecule has 0 N–H and O–H groups in total. The molecule has 3 heterocycles. The number of hydrogen-bond acceptors (Lipinski definition) is 5. The predicted octanol–water partition coefficient (Wildman–Crippen LogP) is 4.58. The summed E-state index contributed by atoms with van der Waals surface area (Å²) >= 11 is 1.84. The fourth-order valence-electron chi connectivity index (χ4n) is 4.62. The maximum absolute atomic E-state index is 12.9. The Bertz CT molecular complexity index is 1090. The van der Waals surface area contributed by atoms with Gasteiger partial charge >= 0.3 is 0 Å².